The van der Waals surface area contributed by atoms with Gasteiger partial charge < -0.3 is 11.1 Å². The second kappa shape index (κ2) is 5.02. The zero-order valence-electron chi connectivity index (χ0n) is 11.3. The van der Waals surface area contributed by atoms with E-state index in [0.29, 0.717) is 6.04 Å². The molecule has 0 aliphatic rings. The van der Waals surface area contributed by atoms with Gasteiger partial charge in [0.2, 0.25) is 0 Å². The molecule has 0 amide bonds. The average Bonchev–Trinajstić information content (AvgIpc) is 2.92. The SMILES string of the molecule is Cc1nn(C(C)C)c(NC(C)c2cccs2)c1N. The van der Waals surface area contributed by atoms with E-state index in [9.17, 15) is 0 Å². The van der Waals surface area contributed by atoms with Crippen LogP contribution in [0.4, 0.5) is 11.5 Å². The molecule has 2 aromatic heterocycles. The van der Waals surface area contributed by atoms with Gasteiger partial charge >= 0.3 is 0 Å². The number of nitrogens with two attached hydrogens (primary N) is 1. The molecule has 2 aromatic rings. The Morgan fingerprint density at radius 1 is 1.39 bits per heavy atom. The first kappa shape index (κ1) is 13.0. The van der Waals surface area contributed by atoms with Crippen LogP contribution >= 0.6 is 11.3 Å². The van der Waals surface area contributed by atoms with Gasteiger partial charge in [-0.3, -0.25) is 0 Å². The van der Waals surface area contributed by atoms with Gasteiger partial charge in [0.05, 0.1) is 17.4 Å². The number of hydrogen-bond acceptors (Lipinski definition) is 4. The molecule has 0 saturated heterocycles. The van der Waals surface area contributed by atoms with Crippen molar-refractivity contribution < 1.29 is 0 Å². The second-order valence-electron chi connectivity index (χ2n) is 4.77. The Labute approximate surface area is 112 Å². The number of hydrogen-bond donors (Lipinski definition) is 2. The van der Waals surface area contributed by atoms with Crippen molar-refractivity contribution in [2.45, 2.75) is 39.8 Å². The molecule has 5 heteroatoms. The Hall–Kier alpha value is -1.49. The van der Waals surface area contributed by atoms with Crippen molar-refractivity contribution in [3.8, 4) is 0 Å². The largest absolute Gasteiger partial charge is 0.394 e. The van der Waals surface area contributed by atoms with Crippen molar-refractivity contribution in [1.82, 2.24) is 9.78 Å². The van der Waals surface area contributed by atoms with Gasteiger partial charge in [0, 0.05) is 10.9 Å². The lowest BCUT2D eigenvalue weighted by atomic mass is 10.2. The number of nitrogen functional groups attached to an aromatic ring is 1. The van der Waals surface area contributed by atoms with Gasteiger partial charge in [-0.2, -0.15) is 5.10 Å². The van der Waals surface area contributed by atoms with Crippen molar-refractivity contribution in [3.05, 3.63) is 28.1 Å². The standard InChI is InChI=1S/C13H20N4S/c1-8(2)17-13(12(14)10(4)16-17)15-9(3)11-6-5-7-18-11/h5-9,15H,14H2,1-4H3. The number of thiophene rings is 1. The van der Waals surface area contributed by atoms with Crippen molar-refractivity contribution in [1.29, 1.82) is 0 Å². The molecule has 0 bridgehead atoms. The van der Waals surface area contributed by atoms with E-state index in [-0.39, 0.29) is 6.04 Å². The zero-order valence-corrected chi connectivity index (χ0v) is 12.1. The first-order valence-electron chi connectivity index (χ1n) is 6.15. The minimum Gasteiger partial charge on any atom is -0.394 e. The monoisotopic (exact) mass is 264 g/mol. The quantitative estimate of drug-likeness (QED) is 0.887. The number of anilines is 2. The normalized spacial score (nSPS) is 12.9. The van der Waals surface area contributed by atoms with Crippen LogP contribution in [0.1, 0.15) is 43.4 Å². The molecular formula is C13H20N4S. The summed E-state index contributed by atoms with van der Waals surface area (Å²) in [6.45, 7) is 8.28. The minimum absolute atomic E-state index is 0.237. The lowest BCUT2D eigenvalue weighted by Gasteiger charge is -2.17. The lowest BCUT2D eigenvalue weighted by molar-refractivity contribution is 0.532. The summed E-state index contributed by atoms with van der Waals surface area (Å²) < 4.78 is 1.95. The summed E-state index contributed by atoms with van der Waals surface area (Å²) in [4.78, 5) is 1.29. The van der Waals surface area contributed by atoms with Gasteiger partial charge in [-0.15, -0.1) is 11.3 Å². The van der Waals surface area contributed by atoms with E-state index in [4.69, 9.17) is 5.73 Å². The highest BCUT2D eigenvalue weighted by Crippen LogP contribution is 2.30. The highest BCUT2D eigenvalue weighted by Gasteiger charge is 2.17. The van der Waals surface area contributed by atoms with Crippen molar-refractivity contribution >= 4 is 22.8 Å². The third kappa shape index (κ3) is 2.36. The van der Waals surface area contributed by atoms with Crippen molar-refractivity contribution in [2.24, 2.45) is 0 Å². The second-order valence-corrected chi connectivity index (χ2v) is 5.75. The van der Waals surface area contributed by atoms with Crippen molar-refractivity contribution in [3.63, 3.8) is 0 Å². The van der Waals surface area contributed by atoms with Crippen LogP contribution in [0, 0.1) is 6.92 Å². The summed E-state index contributed by atoms with van der Waals surface area (Å²) >= 11 is 1.74. The molecule has 18 heavy (non-hydrogen) atoms. The molecule has 0 aliphatic carbocycles. The molecule has 0 spiro atoms. The molecule has 4 nitrogen and oxygen atoms in total. The molecule has 0 aromatic carbocycles. The predicted molar refractivity (Wildman–Crippen MR) is 78.1 cm³/mol. The van der Waals surface area contributed by atoms with Crippen LogP contribution in [0.15, 0.2) is 17.5 Å². The highest BCUT2D eigenvalue weighted by atomic mass is 32.1. The summed E-state index contributed by atoms with van der Waals surface area (Å²) in [5, 5.41) is 10.0. The van der Waals surface area contributed by atoms with Gasteiger partial charge in [-0.1, -0.05) is 6.07 Å². The third-order valence-electron chi connectivity index (χ3n) is 2.94. The topological polar surface area (TPSA) is 55.9 Å². The summed E-state index contributed by atoms with van der Waals surface area (Å²) in [5.41, 5.74) is 7.72. The van der Waals surface area contributed by atoms with Crippen molar-refractivity contribution in [2.75, 3.05) is 11.1 Å². The third-order valence-corrected chi connectivity index (χ3v) is 4.00. The molecule has 98 valence electrons. The molecule has 0 radical (unpaired) electrons. The summed E-state index contributed by atoms with van der Waals surface area (Å²) in [6, 6.07) is 4.72. The molecule has 1 atom stereocenters. The fraction of sp³-hybridized carbons (Fsp3) is 0.462. The summed E-state index contributed by atoms with van der Waals surface area (Å²) in [5.74, 6) is 0.920. The first-order valence-corrected chi connectivity index (χ1v) is 7.03. The van der Waals surface area contributed by atoms with Crippen LogP contribution < -0.4 is 11.1 Å². The van der Waals surface area contributed by atoms with Crippen LogP contribution in [0.2, 0.25) is 0 Å². The number of aryl methyl sites for hydroxylation is 1. The fourth-order valence-electron chi connectivity index (χ4n) is 1.89. The summed E-state index contributed by atoms with van der Waals surface area (Å²) in [7, 11) is 0. The molecule has 3 N–H and O–H groups in total. The first-order chi connectivity index (χ1) is 8.50. The minimum atomic E-state index is 0.237. The van der Waals surface area contributed by atoms with Gasteiger partial charge in [0.1, 0.15) is 5.82 Å². The highest BCUT2D eigenvalue weighted by molar-refractivity contribution is 7.10. The van der Waals surface area contributed by atoms with E-state index in [0.717, 1.165) is 17.2 Å². The maximum absolute atomic E-state index is 6.10. The maximum Gasteiger partial charge on any atom is 0.148 e. The zero-order chi connectivity index (χ0) is 13.3. The molecule has 1 unspecified atom stereocenters. The molecule has 2 heterocycles. The number of rotatable bonds is 4. The van der Waals surface area contributed by atoms with Crippen LogP contribution in [-0.4, -0.2) is 9.78 Å². The number of aromatic nitrogens is 2. The van der Waals surface area contributed by atoms with Crippen LogP contribution in [0.25, 0.3) is 0 Å². The number of nitrogens with zero attached hydrogens (tertiary/aromatic N) is 2. The van der Waals surface area contributed by atoms with Crippen LogP contribution in [0.5, 0.6) is 0 Å². The van der Waals surface area contributed by atoms with E-state index in [1.165, 1.54) is 4.88 Å². The smallest absolute Gasteiger partial charge is 0.148 e. The molecule has 0 fully saturated rings. The molecule has 2 rings (SSSR count). The van der Waals surface area contributed by atoms with E-state index in [1.807, 2.05) is 11.6 Å². The predicted octanol–water partition coefficient (Wildman–Crippen LogP) is 3.59. The van der Waals surface area contributed by atoms with E-state index in [2.05, 4.69) is 48.7 Å². The summed E-state index contributed by atoms with van der Waals surface area (Å²) in [6.07, 6.45) is 0. The average molecular weight is 264 g/mol. The Balaban J connectivity index is 2.28. The Morgan fingerprint density at radius 2 is 2.11 bits per heavy atom. The molecule has 0 aliphatic heterocycles. The Morgan fingerprint density at radius 3 is 2.67 bits per heavy atom. The Kier molecular flexibility index (Phi) is 3.61. The van der Waals surface area contributed by atoms with E-state index in [1.54, 1.807) is 11.3 Å². The lowest BCUT2D eigenvalue weighted by Crippen LogP contribution is -2.13. The van der Waals surface area contributed by atoms with Crippen LogP contribution in [-0.2, 0) is 0 Å². The fourth-order valence-corrected chi connectivity index (χ4v) is 2.63. The molecular weight excluding hydrogens is 244 g/mol. The van der Waals surface area contributed by atoms with Gasteiger partial charge in [-0.05, 0) is 39.1 Å². The van der Waals surface area contributed by atoms with Gasteiger partial charge in [0.15, 0.2) is 0 Å². The number of nitrogens with one attached hydrogen (secondary N) is 1. The van der Waals surface area contributed by atoms with Crippen LogP contribution in [0.3, 0.4) is 0 Å². The Bertz CT molecular complexity index is 513. The molecule has 0 saturated carbocycles. The van der Waals surface area contributed by atoms with E-state index < -0.39 is 0 Å². The van der Waals surface area contributed by atoms with Gasteiger partial charge in [0.25, 0.3) is 0 Å². The maximum atomic E-state index is 6.10. The van der Waals surface area contributed by atoms with E-state index >= 15 is 0 Å². The van der Waals surface area contributed by atoms with Gasteiger partial charge in [-0.25, -0.2) is 4.68 Å².